The van der Waals surface area contributed by atoms with Gasteiger partial charge in [-0.3, -0.25) is 4.79 Å². The Labute approximate surface area is 154 Å². The summed E-state index contributed by atoms with van der Waals surface area (Å²) in [5, 5.41) is 0. The highest BCUT2D eigenvalue weighted by Crippen LogP contribution is 2.41. The zero-order valence-corrected chi connectivity index (χ0v) is 15.9. The molecule has 2 rings (SSSR count). The Hall–Kier alpha value is -1.89. The number of carbonyl (C=O) groups excluding carboxylic acids is 1. The molecule has 26 heavy (non-hydrogen) atoms. The summed E-state index contributed by atoms with van der Waals surface area (Å²) in [5.74, 6) is -1.46. The van der Waals surface area contributed by atoms with Crippen LogP contribution in [0.25, 0.3) is 0 Å². The lowest BCUT2D eigenvalue weighted by molar-refractivity contribution is -0.115. The van der Waals surface area contributed by atoms with Gasteiger partial charge in [-0.1, -0.05) is 29.8 Å². The van der Waals surface area contributed by atoms with Crippen molar-refractivity contribution in [1.82, 2.24) is 4.72 Å². The van der Waals surface area contributed by atoms with Gasteiger partial charge in [0.15, 0.2) is 5.78 Å². The summed E-state index contributed by atoms with van der Waals surface area (Å²) >= 11 is 0. The van der Waals surface area contributed by atoms with E-state index in [1.54, 1.807) is 45.0 Å². The van der Waals surface area contributed by atoms with Crippen LogP contribution in [0.3, 0.4) is 0 Å². The summed E-state index contributed by atoms with van der Waals surface area (Å²) < 4.78 is 53.8. The maximum Gasteiger partial charge on any atom is 0.412 e. The summed E-state index contributed by atoms with van der Waals surface area (Å²) in [6.07, 6.45) is -2.93. The van der Waals surface area contributed by atoms with Gasteiger partial charge in [0, 0.05) is 23.3 Å². The first-order valence-electron chi connectivity index (χ1n) is 8.16. The fraction of sp³-hybridized carbons (Fsp3) is 0.421. The van der Waals surface area contributed by atoms with Gasteiger partial charge in [0.2, 0.25) is 0 Å². The lowest BCUT2D eigenvalue weighted by Gasteiger charge is -2.27. The topological polar surface area (TPSA) is 46.2 Å². The summed E-state index contributed by atoms with van der Waals surface area (Å²) in [6.45, 7) is 7.16. The fourth-order valence-electron chi connectivity index (χ4n) is 2.56. The Morgan fingerprint density at radius 3 is 2.23 bits per heavy atom. The van der Waals surface area contributed by atoms with E-state index in [9.17, 15) is 22.2 Å². The predicted molar refractivity (Wildman–Crippen MR) is 96.8 cm³/mol. The third-order valence-corrected chi connectivity index (χ3v) is 5.56. The number of nitrogens with one attached hydrogen (secondary N) is 1. The molecule has 0 radical (unpaired) electrons. The van der Waals surface area contributed by atoms with Gasteiger partial charge in [-0.05, 0) is 45.8 Å². The highest BCUT2D eigenvalue weighted by molar-refractivity contribution is 7.84. The third-order valence-electron chi connectivity index (χ3n) is 4.11. The van der Waals surface area contributed by atoms with Gasteiger partial charge in [-0.15, -0.1) is 0 Å². The van der Waals surface area contributed by atoms with E-state index >= 15 is 0 Å². The SMILES string of the molecule is Cc1ccc([C@H]2CC(C(F)(F)F)=CC(=O)/C2=C\NS(=O)C(C)(C)C)cc1. The number of hydrogen-bond donors (Lipinski definition) is 1. The molecule has 0 spiro atoms. The lowest BCUT2D eigenvalue weighted by Crippen LogP contribution is -2.32. The minimum Gasteiger partial charge on any atom is -0.311 e. The van der Waals surface area contributed by atoms with E-state index in [0.717, 1.165) is 5.56 Å². The zero-order chi connectivity index (χ0) is 19.7. The molecule has 7 heteroatoms. The van der Waals surface area contributed by atoms with E-state index in [0.29, 0.717) is 11.6 Å². The van der Waals surface area contributed by atoms with Crippen LogP contribution in [0.1, 0.15) is 44.2 Å². The van der Waals surface area contributed by atoms with Crippen LogP contribution in [0, 0.1) is 6.92 Å². The molecule has 0 saturated heterocycles. The van der Waals surface area contributed by atoms with Crippen LogP contribution in [0.5, 0.6) is 0 Å². The molecule has 0 saturated carbocycles. The highest BCUT2D eigenvalue weighted by atomic mass is 32.2. The maximum atomic E-state index is 13.2. The van der Waals surface area contributed by atoms with E-state index in [1.165, 1.54) is 6.20 Å². The van der Waals surface area contributed by atoms with Crippen molar-refractivity contribution in [3.63, 3.8) is 0 Å². The number of carbonyl (C=O) groups is 1. The van der Waals surface area contributed by atoms with Crippen molar-refractivity contribution in [1.29, 1.82) is 0 Å². The van der Waals surface area contributed by atoms with E-state index in [1.807, 2.05) is 6.92 Å². The van der Waals surface area contributed by atoms with E-state index in [2.05, 4.69) is 4.72 Å². The standard InChI is InChI=1S/C19H22F3NO2S/c1-12-5-7-13(8-6-12)15-9-14(19(20,21)22)10-17(24)16(15)11-23-26(25)18(2,3)4/h5-8,10-11,15,23H,9H2,1-4H3/b16-11-/t15-,26?/m1/s1. The molecular formula is C19H22F3NO2S. The number of benzene rings is 1. The number of halogens is 3. The molecule has 1 aromatic rings. The van der Waals surface area contributed by atoms with Gasteiger partial charge in [0.1, 0.15) is 11.0 Å². The molecule has 1 aliphatic rings. The zero-order valence-electron chi connectivity index (χ0n) is 15.1. The molecular weight excluding hydrogens is 363 g/mol. The molecule has 0 aromatic heterocycles. The molecule has 142 valence electrons. The summed E-state index contributed by atoms with van der Waals surface area (Å²) in [5.41, 5.74) is 0.926. The molecule has 1 N–H and O–H groups in total. The molecule has 1 aliphatic carbocycles. The number of aryl methyl sites for hydroxylation is 1. The largest absolute Gasteiger partial charge is 0.412 e. The van der Waals surface area contributed by atoms with Crippen LogP contribution >= 0.6 is 0 Å². The van der Waals surface area contributed by atoms with E-state index in [-0.39, 0.29) is 12.0 Å². The maximum absolute atomic E-state index is 13.2. The number of allylic oxidation sites excluding steroid dienone is 3. The Kier molecular flexibility index (Phi) is 5.80. The Bertz CT molecular complexity index is 771. The Morgan fingerprint density at radius 1 is 1.15 bits per heavy atom. The van der Waals surface area contributed by atoms with Crippen molar-refractivity contribution >= 4 is 16.8 Å². The lowest BCUT2D eigenvalue weighted by atomic mass is 9.79. The number of alkyl halides is 3. The highest BCUT2D eigenvalue weighted by Gasteiger charge is 2.40. The van der Waals surface area contributed by atoms with Crippen LogP contribution in [0.2, 0.25) is 0 Å². The fourth-order valence-corrected chi connectivity index (χ4v) is 3.15. The number of rotatable bonds is 3. The molecule has 0 fully saturated rings. The molecule has 1 unspecified atom stereocenters. The molecule has 3 nitrogen and oxygen atoms in total. The van der Waals surface area contributed by atoms with Gasteiger partial charge in [-0.2, -0.15) is 13.2 Å². The van der Waals surface area contributed by atoms with Gasteiger partial charge >= 0.3 is 6.18 Å². The second kappa shape index (κ2) is 7.39. The van der Waals surface area contributed by atoms with Crippen molar-refractivity contribution in [2.75, 3.05) is 0 Å². The van der Waals surface area contributed by atoms with Crippen LogP contribution in [-0.4, -0.2) is 20.9 Å². The third kappa shape index (κ3) is 4.84. The van der Waals surface area contributed by atoms with Crippen molar-refractivity contribution in [2.24, 2.45) is 0 Å². The van der Waals surface area contributed by atoms with Crippen molar-refractivity contribution in [2.45, 2.75) is 51.0 Å². The van der Waals surface area contributed by atoms with Crippen molar-refractivity contribution < 1.29 is 22.2 Å². The smallest absolute Gasteiger partial charge is 0.311 e. The molecule has 0 heterocycles. The van der Waals surface area contributed by atoms with Crippen molar-refractivity contribution in [3.8, 4) is 0 Å². The van der Waals surface area contributed by atoms with E-state index < -0.39 is 39.2 Å². The molecule has 1 aromatic carbocycles. The normalized spacial score (nSPS) is 21.5. The second-order valence-corrected chi connectivity index (χ2v) is 9.30. The monoisotopic (exact) mass is 385 g/mol. The Balaban J connectivity index is 2.44. The number of ketones is 1. The molecule has 0 bridgehead atoms. The quantitative estimate of drug-likeness (QED) is 0.780. The van der Waals surface area contributed by atoms with Crippen LogP contribution < -0.4 is 4.72 Å². The van der Waals surface area contributed by atoms with E-state index in [4.69, 9.17) is 0 Å². The number of hydrogen-bond acceptors (Lipinski definition) is 2. The second-order valence-electron chi connectivity index (χ2n) is 7.30. The average molecular weight is 385 g/mol. The van der Waals surface area contributed by atoms with Gasteiger partial charge in [0.05, 0.1) is 4.75 Å². The van der Waals surface area contributed by atoms with Crippen LogP contribution in [0.4, 0.5) is 13.2 Å². The first-order chi connectivity index (χ1) is 11.9. The molecule has 0 aliphatic heterocycles. The first-order valence-corrected chi connectivity index (χ1v) is 9.31. The minimum absolute atomic E-state index is 0.180. The summed E-state index contributed by atoms with van der Waals surface area (Å²) in [4.78, 5) is 12.4. The van der Waals surface area contributed by atoms with Crippen LogP contribution in [-0.2, 0) is 15.8 Å². The van der Waals surface area contributed by atoms with Gasteiger partial charge in [-0.25, -0.2) is 4.21 Å². The summed E-state index contributed by atoms with van der Waals surface area (Å²) in [7, 11) is -1.48. The van der Waals surface area contributed by atoms with Gasteiger partial charge in [0.25, 0.3) is 0 Å². The van der Waals surface area contributed by atoms with Crippen LogP contribution in [0.15, 0.2) is 47.7 Å². The van der Waals surface area contributed by atoms with Gasteiger partial charge < -0.3 is 4.72 Å². The average Bonchev–Trinajstić information content (AvgIpc) is 2.51. The molecule has 2 atom stereocenters. The molecule has 0 amide bonds. The van der Waals surface area contributed by atoms with Crippen molar-refractivity contribution in [3.05, 3.63) is 58.8 Å². The Morgan fingerprint density at radius 2 is 1.73 bits per heavy atom. The first kappa shape index (κ1) is 20.4. The minimum atomic E-state index is -4.55. The predicted octanol–water partition coefficient (Wildman–Crippen LogP) is 4.48. The summed E-state index contributed by atoms with van der Waals surface area (Å²) in [6, 6.07) is 7.04.